The van der Waals surface area contributed by atoms with Crippen LogP contribution in [0.2, 0.25) is 0 Å². The van der Waals surface area contributed by atoms with Gasteiger partial charge in [0.05, 0.1) is 18.1 Å². The average molecular weight is 411 g/mol. The van der Waals surface area contributed by atoms with Crippen molar-refractivity contribution in [1.29, 1.82) is 0 Å². The molecule has 26 heavy (non-hydrogen) atoms. The van der Waals surface area contributed by atoms with Gasteiger partial charge in [0.15, 0.2) is 5.69 Å². The zero-order chi connectivity index (χ0) is 18.4. The van der Waals surface area contributed by atoms with Gasteiger partial charge in [0.25, 0.3) is 0 Å². The molecule has 5 nitrogen and oxygen atoms in total. The fourth-order valence-corrected chi connectivity index (χ4v) is 2.60. The van der Waals surface area contributed by atoms with Crippen molar-refractivity contribution in [2.24, 2.45) is 0 Å². The summed E-state index contributed by atoms with van der Waals surface area (Å²) in [5, 5.41) is 8.86. The van der Waals surface area contributed by atoms with Gasteiger partial charge >= 0.3 is 5.97 Å². The molecule has 3 rings (SSSR count). The second kappa shape index (κ2) is 8.40. The van der Waals surface area contributed by atoms with Crippen molar-refractivity contribution in [3.05, 3.63) is 87.9 Å². The molecular formula is C20H15BrN2O3. The highest BCUT2D eigenvalue weighted by Gasteiger charge is 2.05. The summed E-state index contributed by atoms with van der Waals surface area (Å²) in [6.07, 6.45) is 6.27. The Morgan fingerprint density at radius 1 is 1.08 bits per heavy atom. The van der Waals surface area contributed by atoms with Gasteiger partial charge in [-0.2, -0.15) is 0 Å². The molecule has 2 aromatic carbocycles. The molecule has 1 N–H and O–H groups in total. The van der Waals surface area contributed by atoms with Crippen LogP contribution in [0.5, 0.6) is 5.75 Å². The number of aromatic nitrogens is 2. The Bertz CT molecular complexity index is 926. The fraction of sp³-hybridized carbons (Fsp3) is 0.0500. The zero-order valence-corrected chi connectivity index (χ0v) is 15.3. The van der Waals surface area contributed by atoms with Gasteiger partial charge in [-0.3, -0.25) is 4.98 Å². The van der Waals surface area contributed by atoms with E-state index in [9.17, 15) is 4.79 Å². The van der Waals surface area contributed by atoms with Gasteiger partial charge in [0, 0.05) is 10.0 Å². The van der Waals surface area contributed by atoms with Crippen LogP contribution in [0.25, 0.3) is 12.2 Å². The van der Waals surface area contributed by atoms with E-state index in [4.69, 9.17) is 9.84 Å². The summed E-state index contributed by atoms with van der Waals surface area (Å²) in [7, 11) is 0. The first-order chi connectivity index (χ1) is 12.6. The third-order valence-electron chi connectivity index (χ3n) is 3.53. The van der Waals surface area contributed by atoms with Crippen molar-refractivity contribution >= 4 is 34.1 Å². The van der Waals surface area contributed by atoms with Crippen LogP contribution in [0.15, 0.2) is 65.4 Å². The molecule has 0 radical (unpaired) electrons. The molecule has 1 heterocycles. The zero-order valence-electron chi connectivity index (χ0n) is 13.7. The second-order valence-electron chi connectivity index (χ2n) is 5.42. The third kappa shape index (κ3) is 4.77. The normalized spacial score (nSPS) is 10.8. The van der Waals surface area contributed by atoms with Gasteiger partial charge in [0.1, 0.15) is 12.4 Å². The minimum absolute atomic E-state index is 0.0866. The quantitative estimate of drug-likeness (QED) is 0.638. The van der Waals surface area contributed by atoms with E-state index in [2.05, 4.69) is 25.9 Å². The van der Waals surface area contributed by atoms with Crippen LogP contribution in [0, 0.1) is 0 Å². The lowest BCUT2D eigenvalue weighted by Crippen LogP contribution is -2.01. The van der Waals surface area contributed by atoms with Crippen LogP contribution in [-0.2, 0) is 6.61 Å². The van der Waals surface area contributed by atoms with E-state index in [1.807, 2.05) is 54.6 Å². The lowest BCUT2D eigenvalue weighted by molar-refractivity contribution is 0.0690. The number of ether oxygens (including phenoxy) is 1. The van der Waals surface area contributed by atoms with E-state index in [0.717, 1.165) is 21.3 Å². The first kappa shape index (κ1) is 17.8. The van der Waals surface area contributed by atoms with E-state index < -0.39 is 5.97 Å². The molecule has 3 aromatic rings. The van der Waals surface area contributed by atoms with Crippen LogP contribution in [0.3, 0.4) is 0 Å². The summed E-state index contributed by atoms with van der Waals surface area (Å²) in [6, 6.07) is 15.7. The summed E-state index contributed by atoms with van der Waals surface area (Å²) >= 11 is 3.46. The minimum Gasteiger partial charge on any atom is -0.488 e. The number of nitrogens with zero attached hydrogens (tertiary/aromatic N) is 2. The van der Waals surface area contributed by atoms with Gasteiger partial charge in [-0.05, 0) is 35.9 Å². The number of carbonyl (C=O) groups is 1. The number of benzene rings is 2. The predicted molar refractivity (Wildman–Crippen MR) is 103 cm³/mol. The molecule has 0 atom stereocenters. The predicted octanol–water partition coefficient (Wildman–Crippen LogP) is 4.69. The number of halogens is 1. The number of aromatic carboxylic acids is 1. The van der Waals surface area contributed by atoms with Crippen molar-refractivity contribution in [2.75, 3.05) is 0 Å². The Balaban J connectivity index is 1.77. The number of rotatable bonds is 6. The topological polar surface area (TPSA) is 72.3 Å². The molecule has 0 aliphatic rings. The van der Waals surface area contributed by atoms with Crippen molar-refractivity contribution in [3.8, 4) is 5.75 Å². The SMILES string of the molecule is O=C(O)c1cnc(C=Cc2cc(Br)ccc2OCc2ccccc2)cn1. The first-order valence-electron chi connectivity index (χ1n) is 7.81. The number of hydrogen-bond donors (Lipinski definition) is 1. The van der Waals surface area contributed by atoms with Crippen LogP contribution >= 0.6 is 15.9 Å². The molecule has 0 aliphatic heterocycles. The minimum atomic E-state index is -1.10. The molecular weight excluding hydrogens is 396 g/mol. The highest BCUT2D eigenvalue weighted by molar-refractivity contribution is 9.10. The number of carboxylic acids is 1. The van der Waals surface area contributed by atoms with E-state index in [0.29, 0.717) is 12.3 Å². The molecule has 0 spiro atoms. The largest absolute Gasteiger partial charge is 0.488 e. The molecule has 0 bridgehead atoms. The van der Waals surface area contributed by atoms with Crippen LogP contribution in [-0.4, -0.2) is 21.0 Å². The molecule has 0 unspecified atom stereocenters. The molecule has 0 amide bonds. The number of hydrogen-bond acceptors (Lipinski definition) is 4. The molecule has 1 aromatic heterocycles. The van der Waals surface area contributed by atoms with Gasteiger partial charge in [-0.25, -0.2) is 9.78 Å². The molecule has 0 saturated carbocycles. The highest BCUT2D eigenvalue weighted by Crippen LogP contribution is 2.26. The van der Waals surface area contributed by atoms with E-state index in [1.165, 1.54) is 12.4 Å². The molecule has 0 aliphatic carbocycles. The first-order valence-corrected chi connectivity index (χ1v) is 8.61. The average Bonchev–Trinajstić information content (AvgIpc) is 2.66. The molecule has 130 valence electrons. The Kier molecular flexibility index (Phi) is 5.76. The summed E-state index contributed by atoms with van der Waals surface area (Å²) in [5.41, 5.74) is 2.43. The van der Waals surface area contributed by atoms with Crippen LogP contribution in [0.1, 0.15) is 27.3 Å². The van der Waals surface area contributed by atoms with Crippen molar-refractivity contribution in [2.45, 2.75) is 6.61 Å². The van der Waals surface area contributed by atoms with E-state index in [1.54, 1.807) is 6.08 Å². The second-order valence-corrected chi connectivity index (χ2v) is 6.34. The van der Waals surface area contributed by atoms with E-state index in [-0.39, 0.29) is 5.69 Å². The Labute approximate surface area is 159 Å². The van der Waals surface area contributed by atoms with Crippen molar-refractivity contribution in [1.82, 2.24) is 9.97 Å². The Morgan fingerprint density at radius 2 is 1.88 bits per heavy atom. The third-order valence-corrected chi connectivity index (χ3v) is 4.03. The van der Waals surface area contributed by atoms with Gasteiger partial charge in [0.2, 0.25) is 0 Å². The summed E-state index contributed by atoms with van der Waals surface area (Å²) in [4.78, 5) is 18.8. The highest BCUT2D eigenvalue weighted by atomic mass is 79.9. The maximum absolute atomic E-state index is 10.8. The van der Waals surface area contributed by atoms with Crippen molar-refractivity contribution in [3.63, 3.8) is 0 Å². The molecule has 6 heteroatoms. The van der Waals surface area contributed by atoms with Gasteiger partial charge in [-0.15, -0.1) is 0 Å². The Hall–Kier alpha value is -2.99. The van der Waals surface area contributed by atoms with Gasteiger partial charge < -0.3 is 9.84 Å². The lowest BCUT2D eigenvalue weighted by atomic mass is 10.1. The monoisotopic (exact) mass is 410 g/mol. The lowest BCUT2D eigenvalue weighted by Gasteiger charge is -2.10. The summed E-state index contributed by atoms with van der Waals surface area (Å²) in [5.74, 6) is -0.361. The van der Waals surface area contributed by atoms with Gasteiger partial charge in [-0.1, -0.05) is 46.3 Å². The maximum Gasteiger partial charge on any atom is 0.356 e. The number of carboxylic acid groups (broad SMARTS) is 1. The van der Waals surface area contributed by atoms with Crippen LogP contribution in [0.4, 0.5) is 0 Å². The summed E-state index contributed by atoms with van der Waals surface area (Å²) in [6.45, 7) is 0.469. The fourth-order valence-electron chi connectivity index (χ4n) is 2.23. The van der Waals surface area contributed by atoms with Crippen LogP contribution < -0.4 is 4.74 Å². The van der Waals surface area contributed by atoms with Crippen molar-refractivity contribution < 1.29 is 14.6 Å². The molecule has 0 saturated heterocycles. The summed E-state index contributed by atoms with van der Waals surface area (Å²) < 4.78 is 6.86. The maximum atomic E-state index is 10.8. The standard InChI is InChI=1S/C20H15BrN2O3/c21-16-7-9-19(26-13-14-4-2-1-3-5-14)15(10-16)6-8-17-11-23-18(12-22-17)20(24)25/h1-12H,13H2,(H,24,25). The van der Waals surface area contributed by atoms with E-state index >= 15 is 0 Å². The Morgan fingerprint density at radius 3 is 2.58 bits per heavy atom. The molecule has 0 fully saturated rings. The smallest absolute Gasteiger partial charge is 0.356 e.